The normalized spacial score (nSPS) is 12.5. The summed E-state index contributed by atoms with van der Waals surface area (Å²) in [5, 5.41) is 0. The largest absolute Gasteiger partial charge is 0.324 e. The molecule has 0 saturated heterocycles. The zero-order chi connectivity index (χ0) is 14.0. The van der Waals surface area contributed by atoms with Gasteiger partial charge in [-0.25, -0.2) is 8.78 Å². The second-order valence-corrected chi connectivity index (χ2v) is 5.81. The summed E-state index contributed by atoms with van der Waals surface area (Å²) in [5.41, 5.74) is 7.65. The van der Waals surface area contributed by atoms with Crippen LogP contribution in [0.2, 0.25) is 0 Å². The molecule has 1 nitrogen and oxygen atoms in total. The summed E-state index contributed by atoms with van der Waals surface area (Å²) in [4.78, 5) is 0. The van der Waals surface area contributed by atoms with Crippen LogP contribution in [0.3, 0.4) is 0 Å². The van der Waals surface area contributed by atoms with E-state index in [0.29, 0.717) is 12.0 Å². The van der Waals surface area contributed by atoms with Crippen LogP contribution < -0.4 is 5.73 Å². The molecule has 0 aliphatic rings. The summed E-state index contributed by atoms with van der Waals surface area (Å²) in [6.07, 6.45) is 0.533. The van der Waals surface area contributed by atoms with Crippen molar-refractivity contribution in [1.82, 2.24) is 0 Å². The van der Waals surface area contributed by atoms with E-state index in [1.807, 2.05) is 24.3 Å². The molecule has 0 amide bonds. The maximum Gasteiger partial charge on any atom is 0.173 e. The summed E-state index contributed by atoms with van der Waals surface area (Å²) >= 11 is 6.50. The van der Waals surface area contributed by atoms with Gasteiger partial charge in [-0.3, -0.25) is 0 Å². The molecule has 5 heteroatoms. The fourth-order valence-corrected chi connectivity index (χ4v) is 2.90. The molecule has 2 N–H and O–H groups in total. The highest BCUT2D eigenvalue weighted by molar-refractivity contribution is 9.10. The van der Waals surface area contributed by atoms with Crippen molar-refractivity contribution in [3.8, 4) is 0 Å². The average molecular weight is 391 g/mol. The van der Waals surface area contributed by atoms with Crippen LogP contribution in [0.4, 0.5) is 8.78 Å². The number of rotatable bonds is 3. The highest BCUT2D eigenvalue weighted by Crippen LogP contribution is 2.30. The first-order valence-corrected chi connectivity index (χ1v) is 7.21. The van der Waals surface area contributed by atoms with Crippen molar-refractivity contribution in [2.45, 2.75) is 12.5 Å². The van der Waals surface area contributed by atoms with E-state index < -0.39 is 17.7 Å². The molecule has 2 rings (SSSR count). The second kappa shape index (κ2) is 6.11. The molecular formula is C14H11Br2F2N. The molecule has 0 fully saturated rings. The van der Waals surface area contributed by atoms with Gasteiger partial charge in [-0.1, -0.05) is 40.2 Å². The van der Waals surface area contributed by atoms with Crippen molar-refractivity contribution in [2.24, 2.45) is 5.73 Å². The van der Waals surface area contributed by atoms with Crippen LogP contribution in [-0.2, 0) is 6.42 Å². The van der Waals surface area contributed by atoms with E-state index in [0.717, 1.165) is 16.1 Å². The molecule has 1 atom stereocenters. The molecule has 0 bridgehead atoms. The molecule has 0 radical (unpaired) electrons. The highest BCUT2D eigenvalue weighted by atomic mass is 79.9. The zero-order valence-electron chi connectivity index (χ0n) is 9.84. The lowest BCUT2D eigenvalue weighted by molar-refractivity contribution is 0.500. The first kappa shape index (κ1) is 14.6. The van der Waals surface area contributed by atoms with Crippen molar-refractivity contribution >= 4 is 31.9 Å². The summed E-state index contributed by atoms with van der Waals surface area (Å²) in [7, 11) is 0. The smallest absolute Gasteiger partial charge is 0.173 e. The molecule has 1 unspecified atom stereocenters. The van der Waals surface area contributed by atoms with Gasteiger partial charge in [0.25, 0.3) is 0 Å². The number of benzene rings is 2. The van der Waals surface area contributed by atoms with Gasteiger partial charge < -0.3 is 5.73 Å². The molecular weight excluding hydrogens is 380 g/mol. The molecule has 100 valence electrons. The summed E-state index contributed by atoms with van der Waals surface area (Å²) < 4.78 is 27.6. The van der Waals surface area contributed by atoms with E-state index in [1.54, 1.807) is 0 Å². The van der Waals surface area contributed by atoms with Gasteiger partial charge >= 0.3 is 0 Å². The van der Waals surface area contributed by atoms with E-state index in [2.05, 4.69) is 31.9 Å². The minimum atomic E-state index is -0.903. The molecule has 0 aliphatic heterocycles. The van der Waals surface area contributed by atoms with Crippen molar-refractivity contribution in [3.05, 3.63) is 68.1 Å². The number of nitrogens with two attached hydrogens (primary N) is 1. The summed E-state index contributed by atoms with van der Waals surface area (Å²) in [5.74, 6) is -1.79. The molecule has 0 saturated carbocycles. The van der Waals surface area contributed by atoms with Crippen molar-refractivity contribution in [3.63, 3.8) is 0 Å². The molecule has 0 aliphatic carbocycles. The number of hydrogen-bond donors (Lipinski definition) is 1. The van der Waals surface area contributed by atoms with Crippen LogP contribution in [0.25, 0.3) is 0 Å². The van der Waals surface area contributed by atoms with Gasteiger partial charge in [0, 0.05) is 10.5 Å². The van der Waals surface area contributed by atoms with Crippen molar-refractivity contribution in [1.29, 1.82) is 0 Å². The molecule has 2 aromatic carbocycles. The maximum absolute atomic E-state index is 13.5. The third-order valence-electron chi connectivity index (χ3n) is 2.86. The van der Waals surface area contributed by atoms with E-state index >= 15 is 0 Å². The Hall–Kier alpha value is -0.780. The van der Waals surface area contributed by atoms with Gasteiger partial charge in [0.2, 0.25) is 0 Å². The SMILES string of the molecule is NC(Cc1ccccc1Br)c1ccc(F)c(F)c1Br. The zero-order valence-corrected chi connectivity index (χ0v) is 13.0. The van der Waals surface area contributed by atoms with E-state index in [4.69, 9.17) is 5.73 Å². The van der Waals surface area contributed by atoms with Gasteiger partial charge in [-0.05, 0) is 45.6 Å². The van der Waals surface area contributed by atoms with Crippen LogP contribution in [-0.4, -0.2) is 0 Å². The average Bonchev–Trinajstić information content (AvgIpc) is 2.39. The topological polar surface area (TPSA) is 26.0 Å². The van der Waals surface area contributed by atoms with E-state index in [-0.39, 0.29) is 4.47 Å². The van der Waals surface area contributed by atoms with E-state index in [9.17, 15) is 8.78 Å². The standard InChI is InChI=1S/C14H11Br2F2N/c15-10-4-2-1-3-8(10)7-12(19)9-5-6-11(17)14(18)13(9)16/h1-6,12H,7,19H2. The van der Waals surface area contributed by atoms with Gasteiger partial charge in [0.15, 0.2) is 11.6 Å². The number of halogens is 4. The van der Waals surface area contributed by atoms with Crippen LogP contribution in [0.15, 0.2) is 45.3 Å². The minimum Gasteiger partial charge on any atom is -0.324 e. The Morgan fingerprint density at radius 2 is 1.74 bits per heavy atom. The monoisotopic (exact) mass is 389 g/mol. The first-order chi connectivity index (χ1) is 9.00. The lowest BCUT2D eigenvalue weighted by atomic mass is 9.99. The second-order valence-electron chi connectivity index (χ2n) is 4.17. The minimum absolute atomic E-state index is 0.0899. The van der Waals surface area contributed by atoms with Crippen LogP contribution >= 0.6 is 31.9 Å². The quantitative estimate of drug-likeness (QED) is 0.753. The first-order valence-electron chi connectivity index (χ1n) is 5.63. The lowest BCUT2D eigenvalue weighted by Gasteiger charge is -2.15. The summed E-state index contributed by atoms with van der Waals surface area (Å²) in [6, 6.07) is 9.86. The third kappa shape index (κ3) is 3.22. The Kier molecular flexibility index (Phi) is 4.71. The Labute approximate surface area is 127 Å². The molecule has 0 heterocycles. The van der Waals surface area contributed by atoms with Crippen molar-refractivity contribution < 1.29 is 8.78 Å². The Morgan fingerprint density at radius 1 is 1.05 bits per heavy atom. The maximum atomic E-state index is 13.5. The number of hydrogen-bond acceptors (Lipinski definition) is 1. The Balaban J connectivity index is 2.28. The Bertz CT molecular complexity index is 602. The predicted octanol–water partition coefficient (Wildman–Crippen LogP) is 4.73. The lowest BCUT2D eigenvalue weighted by Crippen LogP contribution is -2.15. The molecule has 0 spiro atoms. The van der Waals surface area contributed by atoms with Crippen molar-refractivity contribution in [2.75, 3.05) is 0 Å². The molecule has 0 aromatic heterocycles. The molecule has 2 aromatic rings. The predicted molar refractivity (Wildman–Crippen MR) is 78.8 cm³/mol. The van der Waals surface area contributed by atoms with E-state index in [1.165, 1.54) is 6.07 Å². The van der Waals surface area contributed by atoms with Gasteiger partial charge in [-0.15, -0.1) is 0 Å². The highest BCUT2D eigenvalue weighted by Gasteiger charge is 2.17. The molecule has 19 heavy (non-hydrogen) atoms. The van der Waals surface area contributed by atoms with Gasteiger partial charge in [0.05, 0.1) is 4.47 Å². The van der Waals surface area contributed by atoms with Crippen LogP contribution in [0.5, 0.6) is 0 Å². The third-order valence-corrected chi connectivity index (χ3v) is 4.44. The van der Waals surface area contributed by atoms with Gasteiger partial charge in [-0.2, -0.15) is 0 Å². The van der Waals surface area contributed by atoms with Gasteiger partial charge in [0.1, 0.15) is 0 Å². The fourth-order valence-electron chi connectivity index (χ4n) is 1.84. The van der Waals surface area contributed by atoms with Crippen LogP contribution in [0.1, 0.15) is 17.2 Å². The Morgan fingerprint density at radius 3 is 2.42 bits per heavy atom. The fraction of sp³-hybridized carbons (Fsp3) is 0.143. The van der Waals surface area contributed by atoms with Crippen LogP contribution in [0, 0.1) is 11.6 Å². The summed E-state index contributed by atoms with van der Waals surface area (Å²) in [6.45, 7) is 0.